The fraction of sp³-hybridized carbons (Fsp3) is 0.200. The fourth-order valence-electron chi connectivity index (χ4n) is 1.02. The number of benzene rings is 1. The van der Waals surface area contributed by atoms with E-state index in [0.717, 1.165) is 0 Å². The van der Waals surface area contributed by atoms with Crippen molar-refractivity contribution >= 4 is 23.5 Å². The van der Waals surface area contributed by atoms with Crippen LogP contribution in [0.1, 0.15) is 0 Å². The molecule has 0 bridgehead atoms. The molecule has 17 heavy (non-hydrogen) atoms. The van der Waals surface area contributed by atoms with Crippen molar-refractivity contribution in [1.82, 2.24) is 5.32 Å². The molecule has 0 heterocycles. The van der Waals surface area contributed by atoms with Crippen LogP contribution in [0.15, 0.2) is 18.2 Å². The van der Waals surface area contributed by atoms with Crippen LogP contribution in [-0.2, 0) is 4.79 Å². The van der Waals surface area contributed by atoms with Gasteiger partial charge in [0.25, 0.3) is 0 Å². The Labute approximate surface area is 103 Å². The number of guanidine groups is 1. The summed E-state index contributed by atoms with van der Waals surface area (Å²) in [6, 6.07) is 4.67. The van der Waals surface area contributed by atoms with Crippen LogP contribution in [0, 0.1) is 5.41 Å². The molecule has 0 radical (unpaired) electrons. The smallest absolute Gasteiger partial charge is 0.330 e. The second-order valence-electron chi connectivity index (χ2n) is 3.04. The van der Waals surface area contributed by atoms with E-state index >= 15 is 0 Å². The van der Waals surface area contributed by atoms with Gasteiger partial charge >= 0.3 is 5.97 Å². The van der Waals surface area contributed by atoms with E-state index in [-0.39, 0.29) is 23.3 Å². The Balaban J connectivity index is 2.62. The van der Waals surface area contributed by atoms with E-state index in [1.54, 1.807) is 6.07 Å². The van der Waals surface area contributed by atoms with Crippen molar-refractivity contribution in [3.05, 3.63) is 23.2 Å². The molecular formula is C10H12ClN3O3. The zero-order chi connectivity index (χ0) is 12.8. The predicted molar refractivity (Wildman–Crippen MR) is 63.6 cm³/mol. The molecule has 0 aliphatic rings. The number of carbonyl (C=O) groups excluding carboxylic acids is 1. The third-order valence-corrected chi connectivity index (χ3v) is 2.08. The van der Waals surface area contributed by atoms with Gasteiger partial charge < -0.3 is 20.5 Å². The van der Waals surface area contributed by atoms with Gasteiger partial charge in [0.1, 0.15) is 18.0 Å². The first-order valence-corrected chi connectivity index (χ1v) is 5.03. The van der Waals surface area contributed by atoms with Crippen molar-refractivity contribution in [2.75, 3.05) is 13.7 Å². The van der Waals surface area contributed by atoms with Gasteiger partial charge in [0.05, 0.1) is 12.1 Å². The van der Waals surface area contributed by atoms with Crippen LogP contribution in [0.25, 0.3) is 0 Å². The Bertz CT molecular complexity index is 437. The molecule has 0 saturated heterocycles. The highest BCUT2D eigenvalue weighted by Gasteiger charge is 2.09. The number of halogens is 1. The average Bonchev–Trinajstić information content (AvgIpc) is 2.29. The van der Waals surface area contributed by atoms with Crippen molar-refractivity contribution in [2.45, 2.75) is 0 Å². The van der Waals surface area contributed by atoms with Gasteiger partial charge in [0.2, 0.25) is 0 Å². The highest BCUT2D eigenvalue weighted by Crippen LogP contribution is 2.28. The van der Waals surface area contributed by atoms with Crippen molar-refractivity contribution in [3.63, 3.8) is 0 Å². The minimum atomic E-state index is -0.590. The van der Waals surface area contributed by atoms with Gasteiger partial charge in [-0.3, -0.25) is 5.41 Å². The summed E-state index contributed by atoms with van der Waals surface area (Å²) in [5.41, 5.74) is 5.02. The molecule has 0 saturated carbocycles. The summed E-state index contributed by atoms with van der Waals surface area (Å²) >= 11 is 5.87. The van der Waals surface area contributed by atoms with Crippen LogP contribution >= 0.6 is 11.6 Å². The lowest BCUT2D eigenvalue weighted by Gasteiger charge is -2.08. The molecular weight excluding hydrogens is 246 g/mol. The van der Waals surface area contributed by atoms with Crippen LogP contribution in [0.4, 0.5) is 0 Å². The number of rotatable bonds is 4. The lowest BCUT2D eigenvalue weighted by Crippen LogP contribution is -2.36. The molecule has 1 aromatic carbocycles. The first kappa shape index (κ1) is 13.1. The fourth-order valence-corrected chi connectivity index (χ4v) is 1.23. The Hall–Kier alpha value is -1.95. The Morgan fingerprint density at radius 3 is 2.82 bits per heavy atom. The first-order valence-electron chi connectivity index (χ1n) is 4.65. The topological polar surface area (TPSA) is 97.4 Å². The van der Waals surface area contributed by atoms with Gasteiger partial charge in [-0.1, -0.05) is 11.6 Å². The van der Waals surface area contributed by atoms with Gasteiger partial charge in [-0.25, -0.2) is 4.79 Å². The molecule has 0 aliphatic carbocycles. The van der Waals surface area contributed by atoms with Crippen LogP contribution in [0.5, 0.6) is 11.5 Å². The predicted octanol–water partition coefficient (Wildman–Crippen LogP) is 0.737. The van der Waals surface area contributed by atoms with Crippen molar-refractivity contribution < 1.29 is 14.3 Å². The lowest BCUT2D eigenvalue weighted by molar-refractivity contribution is -0.133. The molecule has 4 N–H and O–H groups in total. The Kier molecular flexibility index (Phi) is 4.59. The lowest BCUT2D eigenvalue weighted by atomic mass is 10.3. The minimum Gasteiger partial charge on any atom is -0.497 e. The second-order valence-corrected chi connectivity index (χ2v) is 3.44. The molecule has 92 valence electrons. The maximum Gasteiger partial charge on any atom is 0.330 e. The van der Waals surface area contributed by atoms with Crippen LogP contribution < -0.4 is 20.5 Å². The standard InChI is InChI=1S/C10H12ClN3O3/c1-16-6-2-3-8(7(11)4-6)17-9(15)5-14-10(12)13/h2-4H,5H2,1H3,(H4,12,13,14). The number of methoxy groups -OCH3 is 1. The Morgan fingerprint density at radius 2 is 2.29 bits per heavy atom. The number of nitrogens with one attached hydrogen (secondary N) is 2. The third-order valence-electron chi connectivity index (χ3n) is 1.79. The summed E-state index contributed by atoms with van der Waals surface area (Å²) in [6.45, 7) is -0.197. The average molecular weight is 258 g/mol. The minimum absolute atomic E-state index is 0.197. The monoisotopic (exact) mass is 257 g/mol. The van der Waals surface area contributed by atoms with Crippen LogP contribution in [-0.4, -0.2) is 25.6 Å². The molecule has 0 fully saturated rings. The highest BCUT2D eigenvalue weighted by molar-refractivity contribution is 6.32. The molecule has 0 aromatic heterocycles. The van der Waals surface area contributed by atoms with E-state index in [9.17, 15) is 4.79 Å². The second kappa shape index (κ2) is 5.95. The highest BCUT2D eigenvalue weighted by atomic mass is 35.5. The summed E-state index contributed by atoms with van der Waals surface area (Å²) in [6.07, 6.45) is 0. The van der Waals surface area contributed by atoms with E-state index in [4.69, 9.17) is 32.2 Å². The van der Waals surface area contributed by atoms with E-state index in [1.165, 1.54) is 19.2 Å². The molecule has 0 atom stereocenters. The molecule has 6 nitrogen and oxygen atoms in total. The summed E-state index contributed by atoms with van der Waals surface area (Å²) in [5, 5.41) is 9.47. The van der Waals surface area contributed by atoms with Gasteiger partial charge in [0.15, 0.2) is 5.96 Å². The van der Waals surface area contributed by atoms with Crippen LogP contribution in [0.3, 0.4) is 0 Å². The zero-order valence-corrected chi connectivity index (χ0v) is 9.88. The Morgan fingerprint density at radius 1 is 1.59 bits per heavy atom. The third kappa shape index (κ3) is 4.20. The summed E-state index contributed by atoms with van der Waals surface area (Å²) < 4.78 is 9.91. The quantitative estimate of drug-likeness (QED) is 0.320. The molecule has 0 spiro atoms. The van der Waals surface area contributed by atoms with Crippen molar-refractivity contribution in [1.29, 1.82) is 5.41 Å². The maximum absolute atomic E-state index is 11.3. The molecule has 1 rings (SSSR count). The number of hydrogen-bond donors (Lipinski definition) is 3. The normalized spacial score (nSPS) is 9.53. The van der Waals surface area contributed by atoms with E-state index in [0.29, 0.717) is 5.75 Å². The molecule has 0 unspecified atom stereocenters. The summed E-state index contributed by atoms with van der Waals surface area (Å²) in [7, 11) is 1.51. The largest absolute Gasteiger partial charge is 0.497 e. The number of hydrogen-bond acceptors (Lipinski definition) is 4. The van der Waals surface area contributed by atoms with E-state index in [1.807, 2.05) is 0 Å². The summed E-state index contributed by atoms with van der Waals surface area (Å²) in [4.78, 5) is 11.3. The van der Waals surface area contributed by atoms with Gasteiger partial charge in [-0.15, -0.1) is 0 Å². The SMILES string of the molecule is COc1ccc(OC(=O)CNC(=N)N)c(Cl)c1. The van der Waals surface area contributed by atoms with Gasteiger partial charge in [0, 0.05) is 6.07 Å². The maximum atomic E-state index is 11.3. The van der Waals surface area contributed by atoms with E-state index < -0.39 is 5.97 Å². The van der Waals surface area contributed by atoms with E-state index in [2.05, 4.69) is 5.32 Å². The molecule has 1 aromatic rings. The molecule has 7 heteroatoms. The number of esters is 1. The number of carbonyl (C=O) groups is 1. The summed E-state index contributed by atoms with van der Waals surface area (Å²) in [5.74, 6) is -0.102. The van der Waals surface area contributed by atoms with Gasteiger partial charge in [-0.2, -0.15) is 0 Å². The number of nitrogens with two attached hydrogens (primary N) is 1. The van der Waals surface area contributed by atoms with Crippen molar-refractivity contribution in [2.24, 2.45) is 5.73 Å². The molecule has 0 amide bonds. The van der Waals surface area contributed by atoms with Gasteiger partial charge in [-0.05, 0) is 12.1 Å². The number of ether oxygens (including phenoxy) is 2. The zero-order valence-electron chi connectivity index (χ0n) is 9.12. The van der Waals surface area contributed by atoms with Crippen molar-refractivity contribution in [3.8, 4) is 11.5 Å². The van der Waals surface area contributed by atoms with Crippen LogP contribution in [0.2, 0.25) is 5.02 Å². The molecule has 0 aliphatic heterocycles. The first-order chi connectivity index (χ1) is 8.02.